The minimum atomic E-state index is -1.94. The summed E-state index contributed by atoms with van der Waals surface area (Å²) in [5, 5.41) is 0. The Balaban J connectivity index is 1.79. The quantitative estimate of drug-likeness (QED) is 0.365. The molecule has 0 saturated carbocycles. The van der Waals surface area contributed by atoms with Gasteiger partial charge in [0.2, 0.25) is 23.6 Å². The average molecular weight is 439 g/mol. The second-order valence-electron chi connectivity index (χ2n) is 9.63. The van der Waals surface area contributed by atoms with E-state index in [1.54, 1.807) is 7.11 Å². The van der Waals surface area contributed by atoms with E-state index in [0.29, 0.717) is 12.8 Å². The van der Waals surface area contributed by atoms with Gasteiger partial charge in [0.25, 0.3) is 0 Å². The third-order valence-electron chi connectivity index (χ3n) is 6.59. The summed E-state index contributed by atoms with van der Waals surface area (Å²) in [6.07, 6.45) is 3.83. The first-order valence-electron chi connectivity index (χ1n) is 11.3. The molecule has 0 bridgehead atoms. The molecule has 4 amide bonds. The molecule has 0 aromatic rings. The molecule has 8 heteroatoms. The molecule has 30 heavy (non-hydrogen) atoms. The summed E-state index contributed by atoms with van der Waals surface area (Å²) >= 11 is 0. The summed E-state index contributed by atoms with van der Waals surface area (Å²) in [5.74, 6) is -0.570. The van der Waals surface area contributed by atoms with Crippen LogP contribution in [-0.4, -0.2) is 60.9 Å². The number of carbonyl (C=O) groups is 4. The lowest BCUT2D eigenvalue weighted by atomic mass is 10.0. The largest absolute Gasteiger partial charge is 0.420 e. The Morgan fingerprint density at radius 3 is 1.47 bits per heavy atom. The predicted molar refractivity (Wildman–Crippen MR) is 117 cm³/mol. The number of carbonyl (C=O) groups excluding carboxylic acids is 4. The van der Waals surface area contributed by atoms with Crippen molar-refractivity contribution in [2.24, 2.45) is 11.8 Å². The van der Waals surface area contributed by atoms with Gasteiger partial charge in [-0.15, -0.1) is 0 Å². The van der Waals surface area contributed by atoms with Crippen molar-refractivity contribution in [2.75, 3.05) is 7.11 Å². The molecule has 7 nitrogen and oxygen atoms in total. The first kappa shape index (κ1) is 24.7. The van der Waals surface area contributed by atoms with Crippen LogP contribution in [0.25, 0.3) is 0 Å². The van der Waals surface area contributed by atoms with Crippen LogP contribution >= 0.6 is 0 Å². The Kier molecular flexibility index (Phi) is 8.39. The van der Waals surface area contributed by atoms with Gasteiger partial charge in [-0.05, 0) is 59.2 Å². The third kappa shape index (κ3) is 5.57. The number of likely N-dealkylation sites (tertiary alicyclic amines) is 2. The molecule has 2 fully saturated rings. The van der Waals surface area contributed by atoms with Crippen molar-refractivity contribution in [3.8, 4) is 0 Å². The van der Waals surface area contributed by atoms with Gasteiger partial charge in [-0.3, -0.25) is 29.0 Å². The highest BCUT2D eigenvalue weighted by atomic mass is 28.4. The van der Waals surface area contributed by atoms with Crippen LogP contribution in [0, 0.1) is 11.8 Å². The van der Waals surface area contributed by atoms with Gasteiger partial charge in [0.15, 0.2) is 8.32 Å². The summed E-state index contributed by atoms with van der Waals surface area (Å²) in [4.78, 5) is 51.8. The van der Waals surface area contributed by atoms with E-state index < -0.39 is 8.32 Å². The predicted octanol–water partition coefficient (Wildman–Crippen LogP) is 3.34. The molecular weight excluding hydrogens is 400 g/mol. The topological polar surface area (TPSA) is 84.0 Å². The normalized spacial score (nSPS) is 24.7. The minimum Gasteiger partial charge on any atom is -0.420 e. The third-order valence-corrected chi connectivity index (χ3v) is 10.4. The van der Waals surface area contributed by atoms with Crippen molar-refractivity contribution in [1.29, 1.82) is 0 Å². The highest BCUT2D eigenvalue weighted by Crippen LogP contribution is 2.31. The van der Waals surface area contributed by atoms with Gasteiger partial charge in [0, 0.05) is 43.9 Å². The van der Waals surface area contributed by atoms with E-state index >= 15 is 0 Å². The van der Waals surface area contributed by atoms with Crippen molar-refractivity contribution in [2.45, 2.75) is 96.9 Å². The van der Waals surface area contributed by atoms with Crippen LogP contribution in [0.3, 0.4) is 0 Å². The second kappa shape index (κ2) is 10.2. The molecular formula is C22H38N2O5Si. The van der Waals surface area contributed by atoms with E-state index in [2.05, 4.69) is 6.55 Å². The Morgan fingerprint density at radius 2 is 1.20 bits per heavy atom. The molecule has 2 aliphatic heterocycles. The van der Waals surface area contributed by atoms with E-state index in [4.69, 9.17) is 4.43 Å². The Hall–Kier alpha value is -1.54. The fourth-order valence-corrected chi connectivity index (χ4v) is 7.30. The molecule has 2 unspecified atom stereocenters. The maximum Gasteiger partial charge on any atom is 0.233 e. The van der Waals surface area contributed by atoms with Crippen LogP contribution in [0.4, 0.5) is 0 Å². The van der Waals surface area contributed by atoms with Crippen LogP contribution < -0.4 is 0 Å². The van der Waals surface area contributed by atoms with Crippen LogP contribution in [0.1, 0.15) is 66.2 Å². The average Bonchev–Trinajstić information content (AvgIpc) is 3.09. The number of imide groups is 2. The summed E-state index contributed by atoms with van der Waals surface area (Å²) in [6.45, 7) is 9.68. The number of nitrogens with zero attached hydrogens (tertiary/aromatic N) is 2. The van der Waals surface area contributed by atoms with Gasteiger partial charge in [-0.2, -0.15) is 0 Å². The van der Waals surface area contributed by atoms with E-state index in [1.807, 2.05) is 27.7 Å². The van der Waals surface area contributed by atoms with Crippen molar-refractivity contribution in [1.82, 2.24) is 9.80 Å². The molecule has 0 spiro atoms. The fourth-order valence-electron chi connectivity index (χ4n) is 4.74. The van der Waals surface area contributed by atoms with Crippen LogP contribution in [0.2, 0.25) is 18.6 Å². The van der Waals surface area contributed by atoms with Gasteiger partial charge >= 0.3 is 0 Å². The van der Waals surface area contributed by atoms with Crippen LogP contribution in [0.15, 0.2) is 0 Å². The molecule has 170 valence electrons. The first-order valence-corrected chi connectivity index (χ1v) is 14.1. The highest BCUT2D eigenvalue weighted by molar-refractivity contribution is 6.72. The molecule has 2 rings (SSSR count). The maximum atomic E-state index is 12.5. The van der Waals surface area contributed by atoms with Crippen LogP contribution in [-0.2, 0) is 23.6 Å². The number of hydrogen-bond acceptors (Lipinski definition) is 5. The number of amides is 4. The second-order valence-corrected chi connectivity index (χ2v) is 13.9. The van der Waals surface area contributed by atoms with Gasteiger partial charge in [0.05, 0.1) is 0 Å². The van der Waals surface area contributed by atoms with Crippen molar-refractivity contribution < 1.29 is 23.6 Å². The lowest BCUT2D eigenvalue weighted by Gasteiger charge is -2.26. The minimum absolute atomic E-state index is 0.0325. The number of hydrogen-bond donors (Lipinski definition) is 0. The zero-order chi connectivity index (χ0) is 22.6. The van der Waals surface area contributed by atoms with E-state index in [-0.39, 0.29) is 47.5 Å². The molecule has 2 aliphatic rings. The van der Waals surface area contributed by atoms with Gasteiger partial charge < -0.3 is 4.43 Å². The molecule has 0 aliphatic carbocycles. The highest BCUT2D eigenvalue weighted by Gasteiger charge is 2.41. The van der Waals surface area contributed by atoms with E-state index in [9.17, 15) is 19.2 Å². The van der Waals surface area contributed by atoms with Crippen molar-refractivity contribution in [3.05, 3.63) is 0 Å². The monoisotopic (exact) mass is 438 g/mol. The Labute approximate surface area is 181 Å². The molecule has 0 N–H and O–H groups in total. The molecule has 0 radical (unpaired) electrons. The van der Waals surface area contributed by atoms with Gasteiger partial charge in [-0.25, -0.2) is 0 Å². The Bertz CT molecular complexity index is 626. The first-order chi connectivity index (χ1) is 14.0. The lowest BCUT2D eigenvalue weighted by molar-refractivity contribution is -0.143. The Morgan fingerprint density at radius 1 is 0.833 bits per heavy atom. The summed E-state index contributed by atoms with van der Waals surface area (Å²) < 4.78 is 5.90. The summed E-state index contributed by atoms with van der Waals surface area (Å²) in [6, 6.07) is 1.70. The molecule has 2 atom stereocenters. The van der Waals surface area contributed by atoms with Crippen LogP contribution in [0.5, 0.6) is 0 Å². The summed E-state index contributed by atoms with van der Waals surface area (Å²) in [5.41, 5.74) is 0. The summed E-state index contributed by atoms with van der Waals surface area (Å²) in [7, 11) is -0.191. The fraction of sp³-hybridized carbons (Fsp3) is 0.818. The van der Waals surface area contributed by atoms with Crippen molar-refractivity contribution in [3.63, 3.8) is 0 Å². The molecule has 0 aromatic heterocycles. The van der Waals surface area contributed by atoms with Gasteiger partial charge in [0.1, 0.15) is 0 Å². The zero-order valence-corrected chi connectivity index (χ0v) is 20.4. The molecule has 2 saturated heterocycles. The standard InChI is InChI=1S/C22H38N2O5Si/c1-15(2)23-19(25)13-17(21(23)27)9-7-11-30(6,29-5)12-8-10-18-14-20(26)24(16(3)4)22(18)28/h15-18H,7-14H2,1-6H3. The van der Waals surface area contributed by atoms with Crippen molar-refractivity contribution >= 4 is 31.9 Å². The molecule has 0 aromatic carbocycles. The zero-order valence-electron chi connectivity index (χ0n) is 19.4. The van der Waals surface area contributed by atoms with E-state index in [0.717, 1.165) is 37.8 Å². The number of rotatable bonds is 11. The molecule has 2 heterocycles. The van der Waals surface area contributed by atoms with Gasteiger partial charge in [-0.1, -0.05) is 12.8 Å². The lowest BCUT2D eigenvalue weighted by Crippen LogP contribution is -2.37. The SMILES string of the molecule is CO[Si](C)(CCCC1CC(=O)N(C(C)C)C1=O)CCCC1CC(=O)N(C(C)C)C1=O. The van der Waals surface area contributed by atoms with E-state index in [1.165, 1.54) is 9.80 Å². The maximum absolute atomic E-state index is 12.5. The smallest absolute Gasteiger partial charge is 0.233 e.